The summed E-state index contributed by atoms with van der Waals surface area (Å²) in [5, 5.41) is 2.88. The predicted molar refractivity (Wildman–Crippen MR) is 137 cm³/mol. The summed E-state index contributed by atoms with van der Waals surface area (Å²) in [7, 11) is -3.89. The molecule has 0 aliphatic carbocycles. The van der Waals surface area contributed by atoms with Crippen LogP contribution in [0, 0.1) is 6.92 Å². The van der Waals surface area contributed by atoms with Crippen molar-refractivity contribution in [3.05, 3.63) is 95.6 Å². The Bertz CT molecular complexity index is 1160. The van der Waals surface area contributed by atoms with E-state index in [9.17, 15) is 13.2 Å². The van der Waals surface area contributed by atoms with Gasteiger partial charge in [0, 0.05) is 18.1 Å². The SMILES string of the molecule is CCc1ccccc1N(CC(=O)NCCSCc1cccc(C)c1)S(=O)(=O)c1ccccc1. The van der Waals surface area contributed by atoms with Crippen molar-refractivity contribution in [2.75, 3.05) is 23.1 Å². The van der Waals surface area contributed by atoms with Gasteiger partial charge in [-0.15, -0.1) is 0 Å². The number of nitrogens with zero attached hydrogens (tertiary/aromatic N) is 1. The number of sulfonamides is 1. The Morgan fingerprint density at radius 1 is 0.970 bits per heavy atom. The fraction of sp³-hybridized carbons (Fsp3) is 0.269. The van der Waals surface area contributed by atoms with Crippen LogP contribution in [0.15, 0.2) is 83.8 Å². The summed E-state index contributed by atoms with van der Waals surface area (Å²) in [5.74, 6) is 1.30. The fourth-order valence-corrected chi connectivity index (χ4v) is 5.80. The number of aryl methyl sites for hydroxylation is 2. The summed E-state index contributed by atoms with van der Waals surface area (Å²) in [4.78, 5) is 12.9. The first-order valence-corrected chi connectivity index (χ1v) is 13.6. The lowest BCUT2D eigenvalue weighted by molar-refractivity contribution is -0.119. The Hall–Kier alpha value is -2.77. The molecule has 0 bridgehead atoms. The Morgan fingerprint density at radius 3 is 2.42 bits per heavy atom. The van der Waals surface area contributed by atoms with Crippen LogP contribution in [0.4, 0.5) is 5.69 Å². The van der Waals surface area contributed by atoms with E-state index in [1.165, 1.54) is 15.4 Å². The van der Waals surface area contributed by atoms with E-state index in [0.29, 0.717) is 18.7 Å². The molecule has 0 fully saturated rings. The number of benzene rings is 3. The van der Waals surface area contributed by atoms with Crippen molar-refractivity contribution in [1.82, 2.24) is 5.32 Å². The number of rotatable bonds is 11. The predicted octanol–water partition coefficient (Wildman–Crippen LogP) is 4.80. The number of amides is 1. The minimum atomic E-state index is -3.89. The maximum Gasteiger partial charge on any atom is 0.264 e. The second-order valence-electron chi connectivity index (χ2n) is 7.70. The van der Waals surface area contributed by atoms with Crippen LogP contribution in [0.5, 0.6) is 0 Å². The monoisotopic (exact) mass is 482 g/mol. The zero-order chi connectivity index (χ0) is 23.7. The van der Waals surface area contributed by atoms with Crippen molar-refractivity contribution in [2.24, 2.45) is 0 Å². The number of carbonyl (C=O) groups excluding carboxylic acids is 1. The number of hydrogen-bond donors (Lipinski definition) is 1. The third-order valence-corrected chi connectivity index (χ3v) is 7.98. The molecule has 0 heterocycles. The third kappa shape index (κ3) is 6.85. The van der Waals surface area contributed by atoms with Crippen molar-refractivity contribution >= 4 is 33.4 Å². The molecule has 3 aromatic rings. The van der Waals surface area contributed by atoms with Gasteiger partial charge in [-0.3, -0.25) is 9.10 Å². The molecular weight excluding hydrogens is 452 g/mol. The van der Waals surface area contributed by atoms with Gasteiger partial charge in [-0.25, -0.2) is 8.42 Å². The summed E-state index contributed by atoms with van der Waals surface area (Å²) in [6.07, 6.45) is 0.661. The van der Waals surface area contributed by atoms with Gasteiger partial charge in [-0.1, -0.05) is 73.2 Å². The summed E-state index contributed by atoms with van der Waals surface area (Å²) in [6.45, 7) is 4.25. The zero-order valence-corrected chi connectivity index (χ0v) is 20.7. The third-order valence-electron chi connectivity index (χ3n) is 5.18. The van der Waals surface area contributed by atoms with Crippen LogP contribution in [0.1, 0.15) is 23.6 Å². The first-order chi connectivity index (χ1) is 15.9. The molecule has 0 spiro atoms. The first-order valence-electron chi connectivity index (χ1n) is 11.0. The van der Waals surface area contributed by atoms with E-state index in [0.717, 1.165) is 17.1 Å². The Morgan fingerprint density at radius 2 is 1.70 bits per heavy atom. The second-order valence-corrected chi connectivity index (χ2v) is 10.7. The van der Waals surface area contributed by atoms with Crippen molar-refractivity contribution in [2.45, 2.75) is 30.9 Å². The first kappa shape index (κ1) is 24.9. The Balaban J connectivity index is 1.66. The van der Waals surface area contributed by atoms with Crippen LogP contribution in [-0.2, 0) is 27.0 Å². The molecule has 0 atom stereocenters. The second kappa shape index (κ2) is 11.9. The number of para-hydroxylation sites is 1. The minimum absolute atomic E-state index is 0.164. The normalized spacial score (nSPS) is 11.2. The topological polar surface area (TPSA) is 66.5 Å². The average Bonchev–Trinajstić information content (AvgIpc) is 2.83. The molecule has 0 unspecified atom stereocenters. The molecule has 33 heavy (non-hydrogen) atoms. The lowest BCUT2D eigenvalue weighted by Gasteiger charge is -2.26. The van der Waals surface area contributed by atoms with Crippen molar-refractivity contribution < 1.29 is 13.2 Å². The smallest absolute Gasteiger partial charge is 0.264 e. The molecule has 0 aliphatic heterocycles. The van der Waals surface area contributed by atoms with Crippen molar-refractivity contribution in [3.8, 4) is 0 Å². The van der Waals surface area contributed by atoms with Crippen molar-refractivity contribution in [1.29, 1.82) is 0 Å². The summed E-state index contributed by atoms with van der Waals surface area (Å²) in [6, 6.07) is 23.9. The molecule has 0 aromatic heterocycles. The van der Waals surface area contributed by atoms with Gasteiger partial charge in [0.1, 0.15) is 6.54 Å². The summed E-state index contributed by atoms with van der Waals surface area (Å²) >= 11 is 1.73. The van der Waals surface area contributed by atoms with Crippen LogP contribution >= 0.6 is 11.8 Å². The zero-order valence-electron chi connectivity index (χ0n) is 19.0. The van der Waals surface area contributed by atoms with Gasteiger partial charge in [-0.2, -0.15) is 11.8 Å². The molecule has 0 saturated heterocycles. The van der Waals surface area contributed by atoms with Crippen LogP contribution in [0.25, 0.3) is 0 Å². The molecule has 174 valence electrons. The molecule has 0 aliphatic rings. The quantitative estimate of drug-likeness (QED) is 0.399. The van der Waals surface area contributed by atoms with E-state index in [-0.39, 0.29) is 17.3 Å². The molecule has 7 heteroatoms. The van der Waals surface area contributed by atoms with Crippen LogP contribution in [0.3, 0.4) is 0 Å². The standard InChI is InChI=1S/C26H30N2O3S2/c1-3-23-12-7-8-15-25(23)28(33(30,31)24-13-5-4-6-14-24)19-26(29)27-16-17-32-20-22-11-9-10-21(2)18-22/h4-15,18H,3,16-17,19-20H2,1-2H3,(H,27,29). The lowest BCUT2D eigenvalue weighted by atomic mass is 10.1. The molecule has 3 aromatic carbocycles. The Labute approximate surface area is 201 Å². The fourth-order valence-electron chi connectivity index (χ4n) is 3.51. The van der Waals surface area contributed by atoms with Gasteiger partial charge in [0.25, 0.3) is 10.0 Å². The summed E-state index contributed by atoms with van der Waals surface area (Å²) < 4.78 is 28.1. The average molecular weight is 483 g/mol. The van der Waals surface area contributed by atoms with Gasteiger partial charge in [-0.05, 0) is 42.7 Å². The molecule has 3 rings (SSSR count). The van der Waals surface area contributed by atoms with Gasteiger partial charge in [0.2, 0.25) is 5.91 Å². The van der Waals surface area contributed by atoms with E-state index in [1.54, 1.807) is 54.2 Å². The number of thioether (sulfide) groups is 1. The van der Waals surface area contributed by atoms with Crippen molar-refractivity contribution in [3.63, 3.8) is 0 Å². The highest BCUT2D eigenvalue weighted by Gasteiger charge is 2.28. The maximum absolute atomic E-state index is 13.4. The maximum atomic E-state index is 13.4. The number of carbonyl (C=O) groups is 1. The summed E-state index contributed by atoms with van der Waals surface area (Å²) in [5.41, 5.74) is 3.89. The highest BCUT2D eigenvalue weighted by Crippen LogP contribution is 2.27. The van der Waals surface area contributed by atoms with Gasteiger partial charge >= 0.3 is 0 Å². The molecule has 5 nitrogen and oxygen atoms in total. The Kier molecular flexibility index (Phi) is 8.97. The highest BCUT2D eigenvalue weighted by molar-refractivity contribution is 7.98. The van der Waals surface area contributed by atoms with E-state index in [4.69, 9.17) is 0 Å². The number of hydrogen-bond acceptors (Lipinski definition) is 4. The van der Waals surface area contributed by atoms with E-state index in [2.05, 4.69) is 30.4 Å². The molecule has 1 N–H and O–H groups in total. The van der Waals surface area contributed by atoms with E-state index in [1.807, 2.05) is 25.1 Å². The number of nitrogens with one attached hydrogen (secondary N) is 1. The minimum Gasteiger partial charge on any atom is -0.354 e. The van der Waals surface area contributed by atoms with Gasteiger partial charge in [0.05, 0.1) is 10.6 Å². The van der Waals surface area contributed by atoms with Crippen LogP contribution < -0.4 is 9.62 Å². The van der Waals surface area contributed by atoms with Crippen LogP contribution in [-0.4, -0.2) is 33.2 Å². The van der Waals surface area contributed by atoms with Crippen LogP contribution in [0.2, 0.25) is 0 Å². The number of anilines is 1. The van der Waals surface area contributed by atoms with E-state index >= 15 is 0 Å². The van der Waals surface area contributed by atoms with Gasteiger partial charge < -0.3 is 5.32 Å². The largest absolute Gasteiger partial charge is 0.354 e. The highest BCUT2D eigenvalue weighted by atomic mass is 32.2. The lowest BCUT2D eigenvalue weighted by Crippen LogP contribution is -2.41. The molecular formula is C26H30N2O3S2. The molecule has 1 amide bonds. The van der Waals surface area contributed by atoms with E-state index < -0.39 is 10.0 Å². The molecule has 0 saturated carbocycles. The molecule has 0 radical (unpaired) electrons. The van der Waals surface area contributed by atoms with Gasteiger partial charge in [0.15, 0.2) is 0 Å².